The second-order valence-corrected chi connectivity index (χ2v) is 6.09. The Morgan fingerprint density at radius 3 is 2.80 bits per heavy atom. The lowest BCUT2D eigenvalue weighted by molar-refractivity contribution is -0.133. The molecule has 0 radical (unpaired) electrons. The minimum Gasteiger partial charge on any atom is -0.494 e. The third-order valence-corrected chi connectivity index (χ3v) is 3.82. The van der Waals surface area contributed by atoms with Crippen molar-refractivity contribution in [1.29, 1.82) is 0 Å². The first-order valence-corrected chi connectivity index (χ1v) is 7.79. The predicted molar refractivity (Wildman–Crippen MR) is 82.5 cm³/mol. The molecule has 0 unspecified atom stereocenters. The van der Waals surface area contributed by atoms with Crippen molar-refractivity contribution in [3.63, 3.8) is 0 Å². The minimum absolute atomic E-state index is 0.00919. The molecule has 0 spiro atoms. The van der Waals surface area contributed by atoms with Gasteiger partial charge in [0.25, 0.3) is 0 Å². The number of carbonyl (C=O) groups is 1. The average Bonchev–Trinajstić information content (AvgIpc) is 3.22. The molecule has 4 nitrogen and oxygen atoms in total. The molecule has 0 heterocycles. The molecule has 1 saturated carbocycles. The molecule has 1 fully saturated rings. The summed E-state index contributed by atoms with van der Waals surface area (Å²) in [6.45, 7) is 4.86. The van der Waals surface area contributed by atoms with Gasteiger partial charge in [0.15, 0.2) is 0 Å². The molecular formula is C15H21BrN2O2. The Balaban J connectivity index is 2.21. The zero-order valence-corrected chi connectivity index (χ0v) is 13.5. The largest absolute Gasteiger partial charge is 0.494 e. The molecule has 0 saturated heterocycles. The Labute approximate surface area is 128 Å². The highest BCUT2D eigenvalue weighted by atomic mass is 79.9. The van der Waals surface area contributed by atoms with Gasteiger partial charge < -0.3 is 15.4 Å². The van der Waals surface area contributed by atoms with E-state index in [-0.39, 0.29) is 5.91 Å². The molecular weight excluding hydrogens is 320 g/mol. The third-order valence-electron chi connectivity index (χ3n) is 3.32. The molecule has 2 N–H and O–H groups in total. The van der Waals surface area contributed by atoms with Crippen LogP contribution in [0.4, 0.5) is 0 Å². The summed E-state index contributed by atoms with van der Waals surface area (Å²) in [5.74, 6) is 0.841. The van der Waals surface area contributed by atoms with Gasteiger partial charge in [0, 0.05) is 22.6 Å². The average molecular weight is 341 g/mol. The number of halogens is 1. The van der Waals surface area contributed by atoms with Crippen molar-refractivity contribution >= 4 is 21.8 Å². The van der Waals surface area contributed by atoms with Crippen molar-refractivity contribution in [3.05, 3.63) is 28.2 Å². The number of rotatable bonds is 6. The van der Waals surface area contributed by atoms with Crippen LogP contribution in [0.25, 0.3) is 0 Å². The standard InChI is InChI=1S/C15H21BrN2O2/c1-3-20-14-7-4-12(16)8-11(14)9-18(13-5-6-13)15(19)10(2)17/h4,7-8,10,13H,3,5-6,9,17H2,1-2H3/t10-/m0/s1. The molecule has 1 aliphatic carbocycles. The van der Waals surface area contributed by atoms with E-state index in [9.17, 15) is 4.79 Å². The van der Waals surface area contributed by atoms with E-state index >= 15 is 0 Å². The fraction of sp³-hybridized carbons (Fsp3) is 0.533. The Hall–Kier alpha value is -1.07. The lowest BCUT2D eigenvalue weighted by Crippen LogP contribution is -2.42. The van der Waals surface area contributed by atoms with Crippen LogP contribution in [0.1, 0.15) is 32.3 Å². The van der Waals surface area contributed by atoms with Gasteiger partial charge in [-0.25, -0.2) is 0 Å². The molecule has 110 valence electrons. The van der Waals surface area contributed by atoms with Crippen LogP contribution in [0.5, 0.6) is 5.75 Å². The number of amides is 1. The first-order valence-electron chi connectivity index (χ1n) is 7.00. The lowest BCUT2D eigenvalue weighted by atomic mass is 10.1. The summed E-state index contributed by atoms with van der Waals surface area (Å²) in [7, 11) is 0. The Bertz CT molecular complexity index is 487. The van der Waals surface area contributed by atoms with Crippen LogP contribution in [0.15, 0.2) is 22.7 Å². The molecule has 20 heavy (non-hydrogen) atoms. The first kappa shape index (κ1) is 15.3. The van der Waals surface area contributed by atoms with Crippen molar-refractivity contribution in [2.24, 2.45) is 5.73 Å². The predicted octanol–water partition coefficient (Wildman–Crippen LogP) is 2.69. The molecule has 0 aliphatic heterocycles. The number of carbonyl (C=O) groups excluding carboxylic acids is 1. The Morgan fingerprint density at radius 1 is 1.55 bits per heavy atom. The van der Waals surface area contributed by atoms with Crippen molar-refractivity contribution in [1.82, 2.24) is 4.90 Å². The van der Waals surface area contributed by atoms with Crippen LogP contribution in [0.3, 0.4) is 0 Å². The number of hydrogen-bond acceptors (Lipinski definition) is 3. The summed E-state index contributed by atoms with van der Waals surface area (Å²) >= 11 is 3.47. The quantitative estimate of drug-likeness (QED) is 0.866. The van der Waals surface area contributed by atoms with Gasteiger partial charge >= 0.3 is 0 Å². The molecule has 1 atom stereocenters. The second kappa shape index (κ2) is 6.59. The topological polar surface area (TPSA) is 55.6 Å². The highest BCUT2D eigenvalue weighted by Gasteiger charge is 2.34. The maximum Gasteiger partial charge on any atom is 0.239 e. The van der Waals surface area contributed by atoms with Crippen molar-refractivity contribution in [2.75, 3.05) is 6.61 Å². The number of hydrogen-bond donors (Lipinski definition) is 1. The van der Waals surface area contributed by atoms with Gasteiger partial charge in [0.1, 0.15) is 5.75 Å². The number of benzene rings is 1. The van der Waals surface area contributed by atoms with E-state index in [0.29, 0.717) is 19.2 Å². The van der Waals surface area contributed by atoms with Crippen LogP contribution in [-0.4, -0.2) is 29.5 Å². The van der Waals surface area contributed by atoms with Gasteiger partial charge in [-0.15, -0.1) is 0 Å². The molecule has 0 aromatic heterocycles. The van der Waals surface area contributed by atoms with Crippen LogP contribution in [-0.2, 0) is 11.3 Å². The summed E-state index contributed by atoms with van der Waals surface area (Å²) in [5.41, 5.74) is 6.77. The van der Waals surface area contributed by atoms with Crippen LogP contribution < -0.4 is 10.5 Å². The maximum absolute atomic E-state index is 12.2. The zero-order chi connectivity index (χ0) is 14.7. The van der Waals surface area contributed by atoms with Crippen molar-refractivity contribution in [2.45, 2.75) is 45.3 Å². The number of nitrogens with two attached hydrogens (primary N) is 1. The highest BCUT2D eigenvalue weighted by Crippen LogP contribution is 2.32. The summed E-state index contributed by atoms with van der Waals surface area (Å²) in [6, 6.07) is 5.77. The zero-order valence-electron chi connectivity index (χ0n) is 11.9. The Morgan fingerprint density at radius 2 is 2.25 bits per heavy atom. The molecule has 5 heteroatoms. The summed E-state index contributed by atoms with van der Waals surface area (Å²) in [5, 5.41) is 0. The molecule has 0 bridgehead atoms. The van der Waals surface area contributed by atoms with Gasteiger partial charge in [-0.3, -0.25) is 4.79 Å². The molecule has 1 aromatic rings. The normalized spacial score (nSPS) is 15.8. The van der Waals surface area contributed by atoms with Crippen LogP contribution in [0.2, 0.25) is 0 Å². The number of nitrogens with zero attached hydrogens (tertiary/aromatic N) is 1. The van der Waals surface area contributed by atoms with E-state index in [1.165, 1.54) is 0 Å². The van der Waals surface area contributed by atoms with E-state index in [1.807, 2.05) is 30.0 Å². The van der Waals surface area contributed by atoms with Gasteiger partial charge in [0.05, 0.1) is 12.6 Å². The summed E-state index contributed by atoms with van der Waals surface area (Å²) < 4.78 is 6.63. The Kier molecular flexibility index (Phi) is 5.05. The van der Waals surface area contributed by atoms with Gasteiger partial charge in [0.2, 0.25) is 5.91 Å². The van der Waals surface area contributed by atoms with E-state index < -0.39 is 6.04 Å². The molecule has 2 rings (SSSR count). The molecule has 1 amide bonds. The summed E-state index contributed by atoms with van der Waals surface area (Å²) in [4.78, 5) is 14.1. The van der Waals surface area contributed by atoms with Gasteiger partial charge in [-0.05, 0) is 44.9 Å². The monoisotopic (exact) mass is 340 g/mol. The van der Waals surface area contributed by atoms with Crippen LogP contribution in [0, 0.1) is 0 Å². The minimum atomic E-state index is -0.460. The smallest absolute Gasteiger partial charge is 0.239 e. The molecule has 1 aromatic carbocycles. The van der Waals surface area contributed by atoms with E-state index in [1.54, 1.807) is 6.92 Å². The molecule has 1 aliphatic rings. The SMILES string of the molecule is CCOc1ccc(Br)cc1CN(C(=O)[C@H](C)N)C1CC1. The highest BCUT2D eigenvalue weighted by molar-refractivity contribution is 9.10. The van der Waals surface area contributed by atoms with Gasteiger partial charge in [-0.1, -0.05) is 15.9 Å². The van der Waals surface area contributed by atoms with Crippen molar-refractivity contribution in [3.8, 4) is 5.75 Å². The lowest BCUT2D eigenvalue weighted by Gasteiger charge is -2.25. The van der Waals surface area contributed by atoms with Gasteiger partial charge in [-0.2, -0.15) is 0 Å². The van der Waals surface area contributed by atoms with Crippen molar-refractivity contribution < 1.29 is 9.53 Å². The second-order valence-electron chi connectivity index (χ2n) is 5.17. The first-order chi connectivity index (χ1) is 9.52. The van der Waals surface area contributed by atoms with E-state index in [4.69, 9.17) is 10.5 Å². The fourth-order valence-electron chi connectivity index (χ4n) is 2.19. The fourth-order valence-corrected chi connectivity index (χ4v) is 2.59. The number of ether oxygens (including phenoxy) is 1. The summed E-state index contributed by atoms with van der Waals surface area (Å²) in [6.07, 6.45) is 2.13. The van der Waals surface area contributed by atoms with Crippen LogP contribution >= 0.6 is 15.9 Å². The van der Waals surface area contributed by atoms with E-state index in [2.05, 4.69) is 15.9 Å². The van der Waals surface area contributed by atoms with E-state index in [0.717, 1.165) is 28.6 Å². The third kappa shape index (κ3) is 3.73. The maximum atomic E-state index is 12.2.